The Morgan fingerprint density at radius 2 is 1.02 bits per heavy atom. The Bertz CT molecular complexity index is 2720. The van der Waals surface area contributed by atoms with E-state index in [2.05, 4.69) is 140 Å². The molecule has 4 heteroatoms. The summed E-state index contributed by atoms with van der Waals surface area (Å²) in [6.07, 6.45) is 6.81. The maximum absolute atomic E-state index is 5.38. The number of aromatic nitrogens is 3. The molecule has 8 aromatic rings. The van der Waals surface area contributed by atoms with Crippen LogP contribution in [0.1, 0.15) is 43.2 Å². The van der Waals surface area contributed by atoms with Crippen LogP contribution in [0, 0.1) is 23.7 Å². The second-order valence-corrected chi connectivity index (χ2v) is 17.1. The summed E-state index contributed by atoms with van der Waals surface area (Å²) in [7, 11) is 0. The Morgan fingerprint density at radius 1 is 0.434 bits per heavy atom. The van der Waals surface area contributed by atoms with E-state index in [1.807, 2.05) is 11.3 Å². The van der Waals surface area contributed by atoms with Crippen molar-refractivity contribution >= 4 is 31.5 Å². The molecule has 53 heavy (non-hydrogen) atoms. The second kappa shape index (κ2) is 11.3. The minimum atomic E-state index is 0.0206. The molecule has 2 aromatic heterocycles. The zero-order valence-corrected chi connectivity index (χ0v) is 30.2. The normalized spacial score (nSPS) is 23.5. The summed E-state index contributed by atoms with van der Waals surface area (Å²) >= 11 is 1.86. The Hall–Kier alpha value is -5.45. The van der Waals surface area contributed by atoms with E-state index in [1.165, 1.54) is 85.7 Å². The molecule has 4 saturated carbocycles. The van der Waals surface area contributed by atoms with E-state index >= 15 is 0 Å². The molecule has 0 amide bonds. The third-order valence-electron chi connectivity index (χ3n) is 13.3. The number of thiophene rings is 1. The molecule has 6 aromatic carbocycles. The minimum absolute atomic E-state index is 0.0206. The van der Waals surface area contributed by atoms with Crippen LogP contribution in [0.4, 0.5) is 0 Å². The van der Waals surface area contributed by atoms with Crippen LogP contribution in [0.2, 0.25) is 0 Å². The molecule has 3 nitrogen and oxygen atoms in total. The van der Waals surface area contributed by atoms with Crippen molar-refractivity contribution in [3.05, 3.63) is 151 Å². The topological polar surface area (TPSA) is 38.7 Å². The van der Waals surface area contributed by atoms with Crippen molar-refractivity contribution < 1.29 is 0 Å². The van der Waals surface area contributed by atoms with Gasteiger partial charge in [-0.15, -0.1) is 11.3 Å². The standard InChI is InChI=1S/C49H37N3S/c1-2-9-32(10-3-1)46-50-47(33-19-17-31(18-20-33)34-21-22-39-38-12-5-7-16-43(38)53-44(39)28-34)52-48(51-46)41-14-8-13-40-37-11-4-6-15-42(37)49(45(40)41)35-24-29-23-30(26-35)27-36(49)25-29/h1-22,28-30,35-36H,23-27H2. The highest BCUT2D eigenvalue weighted by Gasteiger charge is 2.62. The van der Waals surface area contributed by atoms with E-state index in [4.69, 9.17) is 15.0 Å². The van der Waals surface area contributed by atoms with E-state index in [-0.39, 0.29) is 5.41 Å². The van der Waals surface area contributed by atoms with E-state index in [1.54, 1.807) is 5.56 Å². The molecule has 0 saturated heterocycles. The van der Waals surface area contributed by atoms with Gasteiger partial charge in [0.25, 0.3) is 0 Å². The molecule has 0 radical (unpaired) electrons. The number of hydrogen-bond donors (Lipinski definition) is 0. The number of nitrogens with zero attached hydrogens (tertiary/aromatic N) is 3. The number of benzene rings is 6. The fourth-order valence-electron chi connectivity index (χ4n) is 11.5. The van der Waals surface area contributed by atoms with Gasteiger partial charge in [0, 0.05) is 42.3 Å². The molecule has 1 spiro atoms. The van der Waals surface area contributed by atoms with Crippen molar-refractivity contribution in [3.8, 4) is 56.4 Å². The molecule has 5 aliphatic carbocycles. The predicted molar refractivity (Wildman–Crippen MR) is 218 cm³/mol. The third kappa shape index (κ3) is 4.36. The Kier molecular flexibility index (Phi) is 6.39. The Balaban J connectivity index is 1.01. The van der Waals surface area contributed by atoms with Crippen LogP contribution in [-0.4, -0.2) is 15.0 Å². The quantitative estimate of drug-likeness (QED) is 0.184. The molecule has 13 rings (SSSR count). The highest BCUT2D eigenvalue weighted by molar-refractivity contribution is 7.25. The van der Waals surface area contributed by atoms with Gasteiger partial charge < -0.3 is 0 Å². The first-order valence-corrected chi connectivity index (χ1v) is 20.1. The lowest BCUT2D eigenvalue weighted by molar-refractivity contribution is -0.0397. The van der Waals surface area contributed by atoms with E-state index in [0.29, 0.717) is 17.7 Å². The molecule has 2 heterocycles. The molecule has 5 aliphatic rings. The van der Waals surface area contributed by atoms with E-state index in [9.17, 15) is 0 Å². The van der Waals surface area contributed by atoms with Crippen LogP contribution in [0.5, 0.6) is 0 Å². The first-order chi connectivity index (χ1) is 26.2. The minimum Gasteiger partial charge on any atom is -0.208 e. The molecule has 4 bridgehead atoms. The summed E-state index contributed by atoms with van der Waals surface area (Å²) in [6, 6.07) is 51.0. The molecule has 0 aliphatic heterocycles. The highest BCUT2D eigenvalue weighted by atomic mass is 32.1. The maximum Gasteiger partial charge on any atom is 0.164 e. The lowest BCUT2D eigenvalue weighted by atomic mass is 9.43. The largest absolute Gasteiger partial charge is 0.208 e. The van der Waals surface area contributed by atoms with E-state index in [0.717, 1.165) is 34.6 Å². The van der Waals surface area contributed by atoms with Gasteiger partial charge in [-0.05, 0) is 101 Å². The molecule has 0 atom stereocenters. The Labute approximate surface area is 313 Å². The predicted octanol–water partition coefficient (Wildman–Crippen LogP) is 12.6. The average molecular weight is 700 g/mol. The monoisotopic (exact) mass is 699 g/mol. The van der Waals surface area contributed by atoms with Gasteiger partial charge in [0.2, 0.25) is 0 Å². The average Bonchev–Trinajstić information content (AvgIpc) is 3.73. The number of fused-ring (bicyclic) bond motifs is 6. The summed E-state index contributed by atoms with van der Waals surface area (Å²) in [5.74, 6) is 5.31. The molecular formula is C49H37N3S. The third-order valence-corrected chi connectivity index (χ3v) is 14.5. The second-order valence-electron chi connectivity index (χ2n) is 16.0. The zero-order valence-electron chi connectivity index (χ0n) is 29.4. The molecule has 0 N–H and O–H groups in total. The molecule has 0 unspecified atom stereocenters. The zero-order chi connectivity index (χ0) is 34.7. The first kappa shape index (κ1) is 30.1. The SMILES string of the molecule is c1ccc(-c2nc(-c3ccc(-c4ccc5c(c4)sc4ccccc45)cc3)nc(-c3cccc4c3C3(c5ccccc5-4)C4CC5CC(C4)CC3C5)n2)cc1. The molecule has 254 valence electrons. The van der Waals surface area contributed by atoms with Crippen LogP contribution in [0.25, 0.3) is 76.6 Å². The number of hydrogen-bond acceptors (Lipinski definition) is 4. The summed E-state index contributed by atoms with van der Waals surface area (Å²) in [6.45, 7) is 0. The smallest absolute Gasteiger partial charge is 0.164 e. The van der Waals surface area contributed by atoms with Crippen molar-refractivity contribution in [2.24, 2.45) is 23.7 Å². The van der Waals surface area contributed by atoms with Crippen molar-refractivity contribution in [1.82, 2.24) is 15.0 Å². The van der Waals surface area contributed by atoms with Crippen molar-refractivity contribution in [2.45, 2.75) is 37.5 Å². The van der Waals surface area contributed by atoms with Gasteiger partial charge in [0.15, 0.2) is 17.5 Å². The summed E-state index contributed by atoms with van der Waals surface area (Å²) in [5.41, 5.74) is 11.4. The Morgan fingerprint density at radius 3 is 1.81 bits per heavy atom. The fourth-order valence-corrected chi connectivity index (χ4v) is 12.6. The van der Waals surface area contributed by atoms with Crippen LogP contribution in [-0.2, 0) is 5.41 Å². The summed E-state index contributed by atoms with van der Waals surface area (Å²) in [4.78, 5) is 15.9. The summed E-state index contributed by atoms with van der Waals surface area (Å²) < 4.78 is 2.65. The number of rotatable bonds is 4. The van der Waals surface area contributed by atoms with Crippen LogP contribution in [0.15, 0.2) is 140 Å². The van der Waals surface area contributed by atoms with Gasteiger partial charge in [0.05, 0.1) is 0 Å². The van der Waals surface area contributed by atoms with E-state index < -0.39 is 0 Å². The van der Waals surface area contributed by atoms with Gasteiger partial charge in [-0.1, -0.05) is 127 Å². The van der Waals surface area contributed by atoms with Crippen molar-refractivity contribution in [3.63, 3.8) is 0 Å². The van der Waals surface area contributed by atoms with Gasteiger partial charge in [-0.3, -0.25) is 0 Å². The summed E-state index contributed by atoms with van der Waals surface area (Å²) in [5, 5.41) is 2.65. The van der Waals surface area contributed by atoms with Crippen LogP contribution in [0.3, 0.4) is 0 Å². The highest BCUT2D eigenvalue weighted by Crippen LogP contribution is 2.70. The lowest BCUT2D eigenvalue weighted by Crippen LogP contribution is -2.55. The van der Waals surface area contributed by atoms with Crippen LogP contribution >= 0.6 is 11.3 Å². The van der Waals surface area contributed by atoms with Crippen molar-refractivity contribution in [1.29, 1.82) is 0 Å². The lowest BCUT2D eigenvalue weighted by Gasteiger charge is -2.61. The van der Waals surface area contributed by atoms with Crippen LogP contribution < -0.4 is 0 Å². The molecule has 4 fully saturated rings. The maximum atomic E-state index is 5.38. The van der Waals surface area contributed by atoms with Crippen molar-refractivity contribution in [2.75, 3.05) is 0 Å². The van der Waals surface area contributed by atoms with Gasteiger partial charge in [0.1, 0.15) is 0 Å². The fraction of sp³-hybridized carbons (Fsp3) is 0.204. The molecular weight excluding hydrogens is 663 g/mol. The van der Waals surface area contributed by atoms with Gasteiger partial charge in [-0.25, -0.2) is 15.0 Å². The van der Waals surface area contributed by atoms with Gasteiger partial charge >= 0.3 is 0 Å². The first-order valence-electron chi connectivity index (χ1n) is 19.3. The van der Waals surface area contributed by atoms with Gasteiger partial charge in [-0.2, -0.15) is 0 Å².